The number of hydrogen-bond donors (Lipinski definition) is 3. The average molecular weight is 516 g/mol. The van der Waals surface area contributed by atoms with E-state index in [1.54, 1.807) is 6.20 Å². The summed E-state index contributed by atoms with van der Waals surface area (Å²) in [5.41, 5.74) is 5.87. The average Bonchev–Trinajstić information content (AvgIpc) is 3.23. The molecule has 3 N–H and O–H groups in total. The smallest absolute Gasteiger partial charge is 0.254 e. The number of nitrogens with one attached hydrogen (secondary N) is 2. The standard InChI is InChI=1S/C29H33N5O4/c1-18-3-5-20(6-4-18)25(17-35)32-26(36)16-34-15-22-8-7-21(13-24(22)28(34)37)27-19(2)14-30-29(33-27)31-23-9-11-38-12-10-23/h3-8,13-14,23,25,35H,9-12,15-17H2,1-2H3,(H,32,36)(H,30,31,33). The summed E-state index contributed by atoms with van der Waals surface area (Å²) in [5, 5.41) is 16.1. The van der Waals surface area contributed by atoms with Crippen molar-refractivity contribution < 1.29 is 19.4 Å². The zero-order valence-corrected chi connectivity index (χ0v) is 21.7. The summed E-state index contributed by atoms with van der Waals surface area (Å²) in [5.74, 6) is 0.0521. The molecule has 0 radical (unpaired) electrons. The fraction of sp³-hybridized carbons (Fsp3) is 0.379. The first-order chi connectivity index (χ1) is 18.4. The van der Waals surface area contributed by atoms with Gasteiger partial charge in [0.1, 0.15) is 6.54 Å². The molecule has 5 rings (SSSR count). The largest absolute Gasteiger partial charge is 0.394 e. The van der Waals surface area contributed by atoms with E-state index in [1.807, 2.05) is 56.3 Å². The van der Waals surface area contributed by atoms with Gasteiger partial charge in [-0.1, -0.05) is 42.0 Å². The van der Waals surface area contributed by atoms with Crippen LogP contribution in [0, 0.1) is 13.8 Å². The molecule has 3 heterocycles. The number of ether oxygens (including phenoxy) is 1. The quantitative estimate of drug-likeness (QED) is 0.422. The van der Waals surface area contributed by atoms with Gasteiger partial charge in [0.2, 0.25) is 11.9 Å². The van der Waals surface area contributed by atoms with E-state index in [-0.39, 0.29) is 31.0 Å². The predicted octanol–water partition coefficient (Wildman–Crippen LogP) is 3.16. The van der Waals surface area contributed by atoms with Crippen LogP contribution < -0.4 is 10.6 Å². The molecule has 0 spiro atoms. The molecule has 1 atom stereocenters. The van der Waals surface area contributed by atoms with E-state index >= 15 is 0 Å². The van der Waals surface area contributed by atoms with Crippen LogP contribution in [0.15, 0.2) is 48.7 Å². The van der Waals surface area contributed by atoms with Gasteiger partial charge in [-0.05, 0) is 49.4 Å². The monoisotopic (exact) mass is 515 g/mol. The van der Waals surface area contributed by atoms with Gasteiger partial charge in [0.15, 0.2) is 0 Å². The number of aliphatic hydroxyl groups is 1. The molecule has 1 unspecified atom stereocenters. The molecule has 9 nitrogen and oxygen atoms in total. The summed E-state index contributed by atoms with van der Waals surface area (Å²) >= 11 is 0. The van der Waals surface area contributed by atoms with Gasteiger partial charge in [0.05, 0.1) is 18.3 Å². The fourth-order valence-corrected chi connectivity index (χ4v) is 4.91. The number of fused-ring (bicyclic) bond motifs is 1. The van der Waals surface area contributed by atoms with Gasteiger partial charge >= 0.3 is 0 Å². The van der Waals surface area contributed by atoms with E-state index in [0.717, 1.165) is 59.6 Å². The number of aryl methyl sites for hydroxylation is 2. The first-order valence-electron chi connectivity index (χ1n) is 13.0. The van der Waals surface area contributed by atoms with Crippen LogP contribution in [0.5, 0.6) is 0 Å². The van der Waals surface area contributed by atoms with Gasteiger partial charge in [0, 0.05) is 43.1 Å². The van der Waals surface area contributed by atoms with Crippen molar-refractivity contribution in [3.8, 4) is 11.3 Å². The van der Waals surface area contributed by atoms with Gasteiger partial charge in [-0.2, -0.15) is 0 Å². The Balaban J connectivity index is 1.27. The van der Waals surface area contributed by atoms with Crippen LogP contribution in [-0.2, 0) is 16.1 Å². The molecule has 1 aromatic heterocycles. The lowest BCUT2D eigenvalue weighted by Crippen LogP contribution is -2.40. The Morgan fingerprint density at radius 3 is 2.66 bits per heavy atom. The van der Waals surface area contributed by atoms with Crippen LogP contribution in [0.25, 0.3) is 11.3 Å². The van der Waals surface area contributed by atoms with Gasteiger partial charge in [-0.3, -0.25) is 9.59 Å². The fourth-order valence-electron chi connectivity index (χ4n) is 4.91. The Bertz CT molecular complexity index is 1320. The van der Waals surface area contributed by atoms with Crippen molar-refractivity contribution in [2.24, 2.45) is 0 Å². The summed E-state index contributed by atoms with van der Waals surface area (Å²) in [4.78, 5) is 36.8. The first-order valence-corrected chi connectivity index (χ1v) is 13.0. The Labute approximate surface area is 222 Å². The minimum absolute atomic E-state index is 0.0864. The minimum Gasteiger partial charge on any atom is -0.394 e. The maximum atomic E-state index is 13.2. The van der Waals surface area contributed by atoms with E-state index in [2.05, 4.69) is 15.6 Å². The van der Waals surface area contributed by atoms with Crippen molar-refractivity contribution in [3.05, 3.63) is 76.5 Å². The molecule has 0 aliphatic carbocycles. The Kier molecular flexibility index (Phi) is 7.67. The van der Waals surface area contributed by atoms with Crippen LogP contribution in [0.3, 0.4) is 0 Å². The normalized spacial score (nSPS) is 16.3. The summed E-state index contributed by atoms with van der Waals surface area (Å²) in [6.07, 6.45) is 3.61. The number of aliphatic hydroxyl groups excluding tert-OH is 1. The maximum Gasteiger partial charge on any atom is 0.254 e. The van der Waals surface area contributed by atoms with Gasteiger partial charge in [-0.25, -0.2) is 9.97 Å². The van der Waals surface area contributed by atoms with Crippen molar-refractivity contribution >= 4 is 17.8 Å². The van der Waals surface area contributed by atoms with E-state index in [9.17, 15) is 14.7 Å². The number of amides is 2. The Morgan fingerprint density at radius 1 is 1.16 bits per heavy atom. The molecule has 2 aliphatic rings. The molecule has 1 fully saturated rings. The molecular weight excluding hydrogens is 482 g/mol. The highest BCUT2D eigenvalue weighted by Crippen LogP contribution is 2.30. The topological polar surface area (TPSA) is 117 Å². The Hall–Kier alpha value is -3.82. The first kappa shape index (κ1) is 25.8. The van der Waals surface area contributed by atoms with E-state index in [0.29, 0.717) is 18.1 Å². The molecule has 2 aromatic carbocycles. The van der Waals surface area contributed by atoms with E-state index in [1.165, 1.54) is 4.90 Å². The van der Waals surface area contributed by atoms with Crippen molar-refractivity contribution in [2.45, 2.75) is 45.3 Å². The molecular formula is C29H33N5O4. The lowest BCUT2D eigenvalue weighted by atomic mass is 10.0. The molecule has 38 heavy (non-hydrogen) atoms. The second kappa shape index (κ2) is 11.3. The third-order valence-electron chi connectivity index (χ3n) is 7.12. The molecule has 1 saturated heterocycles. The molecule has 2 aliphatic heterocycles. The number of aromatic nitrogens is 2. The van der Waals surface area contributed by atoms with Crippen LogP contribution in [0.4, 0.5) is 5.95 Å². The summed E-state index contributed by atoms with van der Waals surface area (Å²) in [6, 6.07) is 13.1. The second-order valence-corrected chi connectivity index (χ2v) is 10.0. The third-order valence-corrected chi connectivity index (χ3v) is 7.12. The lowest BCUT2D eigenvalue weighted by molar-refractivity contribution is -0.122. The summed E-state index contributed by atoms with van der Waals surface area (Å²) in [6.45, 7) is 5.43. The molecule has 198 valence electrons. The molecule has 3 aromatic rings. The zero-order valence-electron chi connectivity index (χ0n) is 21.7. The zero-order chi connectivity index (χ0) is 26.6. The summed E-state index contributed by atoms with van der Waals surface area (Å²) < 4.78 is 5.43. The summed E-state index contributed by atoms with van der Waals surface area (Å²) in [7, 11) is 0. The molecule has 9 heteroatoms. The highest BCUT2D eigenvalue weighted by molar-refractivity contribution is 6.01. The second-order valence-electron chi connectivity index (χ2n) is 10.0. The maximum absolute atomic E-state index is 13.2. The molecule has 2 amide bonds. The minimum atomic E-state index is -0.528. The lowest BCUT2D eigenvalue weighted by Gasteiger charge is -2.23. The Morgan fingerprint density at radius 2 is 1.92 bits per heavy atom. The van der Waals surface area contributed by atoms with E-state index in [4.69, 9.17) is 9.72 Å². The highest BCUT2D eigenvalue weighted by atomic mass is 16.5. The number of carbonyl (C=O) groups excluding carboxylic acids is 2. The van der Waals surface area contributed by atoms with Gasteiger partial charge in [0.25, 0.3) is 5.91 Å². The van der Waals surface area contributed by atoms with Crippen molar-refractivity contribution in [1.82, 2.24) is 20.2 Å². The third kappa shape index (κ3) is 5.69. The van der Waals surface area contributed by atoms with Gasteiger partial charge in [-0.15, -0.1) is 0 Å². The van der Waals surface area contributed by atoms with Crippen molar-refractivity contribution in [2.75, 3.05) is 31.7 Å². The van der Waals surface area contributed by atoms with E-state index < -0.39 is 6.04 Å². The number of nitrogens with zero attached hydrogens (tertiary/aromatic N) is 3. The van der Waals surface area contributed by atoms with Crippen LogP contribution in [0.2, 0.25) is 0 Å². The van der Waals surface area contributed by atoms with Crippen LogP contribution in [0.1, 0.15) is 51.5 Å². The molecule has 0 bridgehead atoms. The van der Waals surface area contributed by atoms with Crippen LogP contribution in [-0.4, -0.2) is 64.2 Å². The van der Waals surface area contributed by atoms with Gasteiger partial charge < -0.3 is 25.4 Å². The number of rotatable bonds is 8. The number of anilines is 1. The highest BCUT2D eigenvalue weighted by Gasteiger charge is 2.30. The number of benzene rings is 2. The SMILES string of the molecule is Cc1ccc(C(CO)NC(=O)CN2Cc3ccc(-c4nc(NC5CCOCC5)ncc4C)cc3C2=O)cc1. The predicted molar refractivity (Wildman–Crippen MR) is 144 cm³/mol. The number of carbonyl (C=O) groups is 2. The van der Waals surface area contributed by atoms with Crippen molar-refractivity contribution in [1.29, 1.82) is 0 Å². The number of hydrogen-bond acceptors (Lipinski definition) is 7. The van der Waals surface area contributed by atoms with Crippen molar-refractivity contribution in [3.63, 3.8) is 0 Å². The molecule has 0 saturated carbocycles. The van der Waals surface area contributed by atoms with Crippen LogP contribution >= 0.6 is 0 Å².